The van der Waals surface area contributed by atoms with Gasteiger partial charge in [0.15, 0.2) is 0 Å². The van der Waals surface area contributed by atoms with Crippen molar-refractivity contribution >= 4 is 5.97 Å². The lowest BCUT2D eigenvalue weighted by Gasteiger charge is -2.06. The molecule has 1 aromatic rings. The summed E-state index contributed by atoms with van der Waals surface area (Å²) in [5.41, 5.74) is 2.42. The van der Waals surface area contributed by atoms with Crippen LogP contribution in [0, 0.1) is 6.92 Å². The minimum atomic E-state index is -0.175. The maximum Gasteiger partial charge on any atom is 0.319 e. The second kappa shape index (κ2) is 7.85. The van der Waals surface area contributed by atoms with E-state index in [1.165, 1.54) is 11.1 Å². The number of aryl methyl sites for hydroxylation is 1. The van der Waals surface area contributed by atoms with Crippen molar-refractivity contribution in [3.63, 3.8) is 0 Å². The van der Waals surface area contributed by atoms with Gasteiger partial charge in [0, 0.05) is 6.54 Å². The molecule has 0 unspecified atom stereocenters. The van der Waals surface area contributed by atoms with Gasteiger partial charge in [-0.3, -0.25) is 4.79 Å². The fourth-order valence-electron chi connectivity index (χ4n) is 1.40. The maximum absolute atomic E-state index is 11.3. The molecule has 0 atom stereocenters. The normalized spacial score (nSPS) is 10.2. The first kappa shape index (κ1) is 13.7. The van der Waals surface area contributed by atoms with E-state index in [-0.39, 0.29) is 12.5 Å². The molecule has 0 heterocycles. The highest BCUT2D eigenvalue weighted by Gasteiger charge is 2.01. The third-order valence-corrected chi connectivity index (χ3v) is 2.48. The number of esters is 1. The Kier molecular flexibility index (Phi) is 6.33. The van der Waals surface area contributed by atoms with Crippen LogP contribution in [0.4, 0.5) is 0 Å². The van der Waals surface area contributed by atoms with Gasteiger partial charge in [0.25, 0.3) is 0 Å². The highest BCUT2D eigenvalue weighted by Crippen LogP contribution is 2.02. The quantitative estimate of drug-likeness (QED) is 0.582. The van der Waals surface area contributed by atoms with Gasteiger partial charge in [-0.25, -0.2) is 0 Å². The van der Waals surface area contributed by atoms with Gasteiger partial charge in [0.1, 0.15) is 0 Å². The summed E-state index contributed by atoms with van der Waals surface area (Å²) in [7, 11) is 0. The van der Waals surface area contributed by atoms with E-state index in [1.807, 2.05) is 0 Å². The molecule has 3 heteroatoms. The van der Waals surface area contributed by atoms with Crippen molar-refractivity contribution in [2.45, 2.75) is 33.2 Å². The largest absolute Gasteiger partial charge is 0.465 e. The van der Waals surface area contributed by atoms with E-state index in [9.17, 15) is 4.79 Å². The summed E-state index contributed by atoms with van der Waals surface area (Å²) in [6.07, 6.45) is 1.98. The number of benzene rings is 1. The first-order valence-corrected chi connectivity index (χ1v) is 6.14. The first-order valence-electron chi connectivity index (χ1n) is 6.14. The maximum atomic E-state index is 11.3. The third kappa shape index (κ3) is 6.07. The summed E-state index contributed by atoms with van der Waals surface area (Å²) < 4.78 is 5.04. The van der Waals surface area contributed by atoms with Crippen molar-refractivity contribution in [1.29, 1.82) is 0 Å². The number of nitrogens with one attached hydrogen (secondary N) is 1. The minimum Gasteiger partial charge on any atom is -0.465 e. The zero-order valence-electron chi connectivity index (χ0n) is 10.7. The summed E-state index contributed by atoms with van der Waals surface area (Å²) in [5, 5.41) is 3.07. The number of rotatable bonds is 7. The Hall–Kier alpha value is -1.35. The molecule has 0 aromatic heterocycles. The van der Waals surface area contributed by atoms with Gasteiger partial charge in [0.05, 0.1) is 13.2 Å². The predicted molar refractivity (Wildman–Crippen MR) is 68.8 cm³/mol. The fraction of sp³-hybridized carbons (Fsp3) is 0.500. The van der Waals surface area contributed by atoms with Gasteiger partial charge >= 0.3 is 5.97 Å². The van der Waals surface area contributed by atoms with E-state index in [0.717, 1.165) is 12.8 Å². The Labute approximate surface area is 103 Å². The lowest BCUT2D eigenvalue weighted by atomic mass is 10.1. The van der Waals surface area contributed by atoms with Crippen LogP contribution in [0.3, 0.4) is 0 Å². The third-order valence-electron chi connectivity index (χ3n) is 2.48. The summed E-state index contributed by atoms with van der Waals surface area (Å²) in [6.45, 7) is 5.63. The Morgan fingerprint density at radius 3 is 2.65 bits per heavy atom. The average molecular weight is 235 g/mol. The molecule has 3 nitrogen and oxygen atoms in total. The summed E-state index contributed by atoms with van der Waals surface area (Å²) in [6, 6.07) is 8.25. The van der Waals surface area contributed by atoms with Gasteiger partial charge in [0.2, 0.25) is 0 Å². The monoisotopic (exact) mass is 235 g/mol. The van der Waals surface area contributed by atoms with Crippen LogP contribution in [0.25, 0.3) is 0 Å². The molecular formula is C14H21NO2. The van der Waals surface area contributed by atoms with E-state index < -0.39 is 0 Å². The van der Waals surface area contributed by atoms with Crippen LogP contribution in [0.1, 0.15) is 30.9 Å². The van der Waals surface area contributed by atoms with Crippen LogP contribution >= 0.6 is 0 Å². The van der Waals surface area contributed by atoms with E-state index >= 15 is 0 Å². The van der Waals surface area contributed by atoms with E-state index in [1.54, 1.807) is 0 Å². The van der Waals surface area contributed by atoms with Gasteiger partial charge in [-0.15, -0.1) is 0 Å². The topological polar surface area (TPSA) is 38.3 Å². The van der Waals surface area contributed by atoms with Gasteiger partial charge in [-0.1, -0.05) is 43.2 Å². The molecule has 1 aromatic carbocycles. The fourth-order valence-corrected chi connectivity index (χ4v) is 1.40. The Balaban J connectivity index is 2.14. The molecule has 0 saturated carbocycles. The van der Waals surface area contributed by atoms with Crippen LogP contribution in [-0.4, -0.2) is 19.1 Å². The van der Waals surface area contributed by atoms with Crippen molar-refractivity contribution in [3.8, 4) is 0 Å². The van der Waals surface area contributed by atoms with Crippen molar-refractivity contribution in [1.82, 2.24) is 5.32 Å². The van der Waals surface area contributed by atoms with Crippen LogP contribution in [-0.2, 0) is 16.1 Å². The number of ether oxygens (including phenoxy) is 1. The Morgan fingerprint density at radius 1 is 1.29 bits per heavy atom. The van der Waals surface area contributed by atoms with Gasteiger partial charge in [-0.2, -0.15) is 0 Å². The van der Waals surface area contributed by atoms with Gasteiger partial charge < -0.3 is 10.1 Å². The molecule has 0 aliphatic heterocycles. The molecule has 17 heavy (non-hydrogen) atoms. The molecule has 0 fully saturated rings. The summed E-state index contributed by atoms with van der Waals surface area (Å²) in [5.74, 6) is -0.175. The zero-order chi connectivity index (χ0) is 12.5. The van der Waals surface area contributed by atoms with Crippen molar-refractivity contribution in [3.05, 3.63) is 35.4 Å². The van der Waals surface area contributed by atoms with E-state index in [2.05, 4.69) is 43.4 Å². The number of hydrogen-bond donors (Lipinski definition) is 1. The smallest absolute Gasteiger partial charge is 0.319 e. The second-order valence-corrected chi connectivity index (χ2v) is 4.16. The average Bonchev–Trinajstić information content (AvgIpc) is 2.32. The molecule has 94 valence electrons. The SMILES string of the molecule is CCCCOC(=O)CNCc1ccc(C)cc1. The Morgan fingerprint density at radius 2 is 2.00 bits per heavy atom. The van der Waals surface area contributed by atoms with E-state index in [0.29, 0.717) is 13.2 Å². The van der Waals surface area contributed by atoms with Crippen LogP contribution in [0.5, 0.6) is 0 Å². The second-order valence-electron chi connectivity index (χ2n) is 4.16. The number of carbonyl (C=O) groups is 1. The molecule has 0 bridgehead atoms. The van der Waals surface area contributed by atoms with Crippen LogP contribution in [0.2, 0.25) is 0 Å². The molecule has 0 aliphatic carbocycles. The van der Waals surface area contributed by atoms with E-state index in [4.69, 9.17) is 4.74 Å². The standard InChI is InChI=1S/C14H21NO2/c1-3-4-9-17-14(16)11-15-10-13-7-5-12(2)6-8-13/h5-8,15H,3-4,9-11H2,1-2H3. The highest BCUT2D eigenvalue weighted by molar-refractivity contribution is 5.71. The number of unbranched alkanes of at least 4 members (excludes halogenated alkanes) is 1. The summed E-state index contributed by atoms with van der Waals surface area (Å²) >= 11 is 0. The van der Waals surface area contributed by atoms with Crippen molar-refractivity contribution < 1.29 is 9.53 Å². The molecule has 0 saturated heterocycles. The van der Waals surface area contributed by atoms with Gasteiger partial charge in [-0.05, 0) is 18.9 Å². The number of hydrogen-bond acceptors (Lipinski definition) is 3. The minimum absolute atomic E-state index is 0.175. The molecule has 1 rings (SSSR count). The Bertz CT molecular complexity index is 333. The molecule has 0 amide bonds. The van der Waals surface area contributed by atoms with Crippen LogP contribution < -0.4 is 5.32 Å². The van der Waals surface area contributed by atoms with Crippen molar-refractivity contribution in [2.75, 3.05) is 13.2 Å². The lowest BCUT2D eigenvalue weighted by Crippen LogP contribution is -2.24. The molecule has 0 spiro atoms. The summed E-state index contributed by atoms with van der Waals surface area (Å²) in [4.78, 5) is 11.3. The highest BCUT2D eigenvalue weighted by atomic mass is 16.5. The molecule has 1 N–H and O–H groups in total. The lowest BCUT2D eigenvalue weighted by molar-refractivity contribution is -0.142. The molecule has 0 aliphatic rings. The molecular weight excluding hydrogens is 214 g/mol. The zero-order valence-corrected chi connectivity index (χ0v) is 10.7. The predicted octanol–water partition coefficient (Wildman–Crippen LogP) is 2.43. The van der Waals surface area contributed by atoms with Crippen molar-refractivity contribution in [2.24, 2.45) is 0 Å². The van der Waals surface area contributed by atoms with Crippen LogP contribution in [0.15, 0.2) is 24.3 Å². The molecule has 0 radical (unpaired) electrons. The first-order chi connectivity index (χ1) is 8.22. The number of carbonyl (C=O) groups excluding carboxylic acids is 1.